The van der Waals surface area contributed by atoms with Crippen LogP contribution in [0.15, 0.2) is 22.7 Å². The summed E-state index contributed by atoms with van der Waals surface area (Å²) in [4.78, 5) is 0. The predicted octanol–water partition coefficient (Wildman–Crippen LogP) is 4.82. The minimum absolute atomic E-state index is 0.228. The van der Waals surface area contributed by atoms with Crippen molar-refractivity contribution >= 4 is 27.5 Å². The summed E-state index contributed by atoms with van der Waals surface area (Å²) in [6, 6.07) is 6.32. The molecule has 3 N–H and O–H groups in total. The van der Waals surface area contributed by atoms with Crippen molar-refractivity contribution in [3.05, 3.63) is 33.3 Å². The van der Waals surface area contributed by atoms with E-state index in [1.54, 1.807) is 0 Å². The molecule has 1 atom stereocenters. The van der Waals surface area contributed by atoms with E-state index >= 15 is 0 Å². The Morgan fingerprint density at radius 1 is 1.37 bits per heavy atom. The van der Waals surface area contributed by atoms with Gasteiger partial charge < -0.3 is 0 Å². The summed E-state index contributed by atoms with van der Waals surface area (Å²) >= 11 is 9.54. The number of halogens is 2. The van der Waals surface area contributed by atoms with Crippen LogP contribution < -0.4 is 11.3 Å². The summed E-state index contributed by atoms with van der Waals surface area (Å²) in [5.41, 5.74) is 4.22. The van der Waals surface area contributed by atoms with Gasteiger partial charge in [-0.2, -0.15) is 0 Å². The van der Waals surface area contributed by atoms with Crippen LogP contribution in [0.5, 0.6) is 0 Å². The molecule has 0 spiro atoms. The van der Waals surface area contributed by atoms with Crippen LogP contribution in [0.3, 0.4) is 0 Å². The van der Waals surface area contributed by atoms with Gasteiger partial charge in [0.2, 0.25) is 0 Å². The van der Waals surface area contributed by atoms with Gasteiger partial charge in [0.15, 0.2) is 0 Å². The second-order valence-corrected chi connectivity index (χ2v) is 6.77. The minimum atomic E-state index is 0.228. The van der Waals surface area contributed by atoms with E-state index in [0.29, 0.717) is 5.92 Å². The molecule has 106 valence electrons. The average molecular weight is 346 g/mol. The summed E-state index contributed by atoms with van der Waals surface area (Å²) < 4.78 is 0.939. The number of benzene rings is 1. The van der Waals surface area contributed by atoms with Crippen molar-refractivity contribution in [3.63, 3.8) is 0 Å². The van der Waals surface area contributed by atoms with E-state index in [4.69, 9.17) is 17.4 Å². The van der Waals surface area contributed by atoms with Gasteiger partial charge in [-0.3, -0.25) is 11.3 Å². The Kier molecular flexibility index (Phi) is 5.70. The molecule has 1 aromatic rings. The van der Waals surface area contributed by atoms with Gasteiger partial charge >= 0.3 is 0 Å². The highest BCUT2D eigenvalue weighted by atomic mass is 79.9. The third kappa shape index (κ3) is 3.72. The van der Waals surface area contributed by atoms with E-state index in [0.717, 1.165) is 15.4 Å². The number of rotatable bonds is 4. The maximum atomic E-state index is 6.05. The third-order valence-corrected chi connectivity index (χ3v) is 5.64. The molecule has 0 amide bonds. The average Bonchev–Trinajstić information content (AvgIpc) is 2.44. The zero-order valence-electron chi connectivity index (χ0n) is 11.3. The molecule has 4 heteroatoms. The highest BCUT2D eigenvalue weighted by molar-refractivity contribution is 9.10. The molecule has 2 rings (SSSR count). The lowest BCUT2D eigenvalue weighted by atomic mass is 9.76. The van der Waals surface area contributed by atoms with Crippen LogP contribution in [-0.4, -0.2) is 0 Å². The molecule has 1 unspecified atom stereocenters. The Balaban J connectivity index is 2.09. The summed E-state index contributed by atoms with van der Waals surface area (Å²) in [6.07, 6.45) is 6.48. The highest BCUT2D eigenvalue weighted by Gasteiger charge is 2.27. The van der Waals surface area contributed by atoms with E-state index in [2.05, 4.69) is 40.4 Å². The first-order valence-electron chi connectivity index (χ1n) is 7.06. The fraction of sp³-hybridized carbons (Fsp3) is 0.600. The summed E-state index contributed by atoms with van der Waals surface area (Å²) in [7, 11) is 0. The molecule has 0 aromatic heterocycles. The normalized spacial score (nSPS) is 25.3. The summed E-state index contributed by atoms with van der Waals surface area (Å²) in [5, 5.41) is 0.745. The third-order valence-electron chi connectivity index (χ3n) is 4.42. The number of hydrazine groups is 1. The fourth-order valence-electron chi connectivity index (χ4n) is 3.14. The number of hydrogen-bond acceptors (Lipinski definition) is 2. The van der Waals surface area contributed by atoms with E-state index in [1.165, 1.54) is 37.7 Å². The number of nitrogens with two attached hydrogens (primary N) is 1. The Labute approximate surface area is 129 Å². The Bertz CT molecular complexity index is 417. The van der Waals surface area contributed by atoms with Gasteiger partial charge in [-0.05, 0) is 58.3 Å². The molecule has 0 aliphatic heterocycles. The zero-order valence-corrected chi connectivity index (χ0v) is 13.7. The number of nitrogens with one attached hydrogen (secondary N) is 1. The van der Waals surface area contributed by atoms with Crippen LogP contribution in [0, 0.1) is 11.8 Å². The summed E-state index contributed by atoms with van der Waals surface area (Å²) in [6.45, 7) is 2.29. The van der Waals surface area contributed by atoms with Crippen molar-refractivity contribution in [2.24, 2.45) is 17.7 Å². The molecule has 19 heavy (non-hydrogen) atoms. The molecular weight excluding hydrogens is 324 g/mol. The lowest BCUT2D eigenvalue weighted by Crippen LogP contribution is -2.35. The zero-order chi connectivity index (χ0) is 13.8. The van der Waals surface area contributed by atoms with Crippen LogP contribution in [0.4, 0.5) is 0 Å². The summed E-state index contributed by atoms with van der Waals surface area (Å²) in [5.74, 6) is 7.33. The standard InChI is InChI=1S/C15H22BrClN2/c1-2-10-3-5-11(6-4-10)15(19-18)12-7-8-14(17)13(16)9-12/h7-11,15,19H,2-6,18H2,1H3. The van der Waals surface area contributed by atoms with Crippen LogP contribution >= 0.6 is 27.5 Å². The van der Waals surface area contributed by atoms with Crippen LogP contribution in [0.25, 0.3) is 0 Å². The van der Waals surface area contributed by atoms with E-state index in [-0.39, 0.29) is 6.04 Å². The minimum Gasteiger partial charge on any atom is -0.271 e. The van der Waals surface area contributed by atoms with Crippen molar-refractivity contribution in [1.82, 2.24) is 5.43 Å². The van der Waals surface area contributed by atoms with Crippen molar-refractivity contribution in [1.29, 1.82) is 0 Å². The first-order chi connectivity index (χ1) is 9.15. The SMILES string of the molecule is CCC1CCC(C(NN)c2ccc(Cl)c(Br)c2)CC1. The topological polar surface area (TPSA) is 38.0 Å². The Hall–Kier alpha value is -0.0900. The monoisotopic (exact) mass is 344 g/mol. The smallest absolute Gasteiger partial charge is 0.0548 e. The molecule has 1 saturated carbocycles. The van der Waals surface area contributed by atoms with Gasteiger partial charge in [-0.15, -0.1) is 0 Å². The van der Waals surface area contributed by atoms with Crippen molar-refractivity contribution < 1.29 is 0 Å². The molecule has 1 aliphatic rings. The lowest BCUT2D eigenvalue weighted by molar-refractivity contribution is 0.219. The van der Waals surface area contributed by atoms with Gasteiger partial charge in [-0.25, -0.2) is 0 Å². The highest BCUT2D eigenvalue weighted by Crippen LogP contribution is 2.38. The van der Waals surface area contributed by atoms with Crippen LogP contribution in [0.1, 0.15) is 50.6 Å². The van der Waals surface area contributed by atoms with Gasteiger partial charge in [0.05, 0.1) is 5.02 Å². The molecule has 0 heterocycles. The van der Waals surface area contributed by atoms with Gasteiger partial charge in [0, 0.05) is 10.5 Å². The Morgan fingerprint density at radius 2 is 2.05 bits per heavy atom. The molecule has 1 aromatic carbocycles. The van der Waals surface area contributed by atoms with Gasteiger partial charge in [-0.1, -0.05) is 43.9 Å². The van der Waals surface area contributed by atoms with E-state index in [9.17, 15) is 0 Å². The molecular formula is C15H22BrClN2. The first-order valence-corrected chi connectivity index (χ1v) is 8.23. The van der Waals surface area contributed by atoms with Crippen molar-refractivity contribution in [3.8, 4) is 0 Å². The maximum absolute atomic E-state index is 6.05. The Morgan fingerprint density at radius 3 is 2.58 bits per heavy atom. The molecule has 2 nitrogen and oxygen atoms in total. The first kappa shape index (κ1) is 15.3. The van der Waals surface area contributed by atoms with E-state index in [1.807, 2.05) is 6.07 Å². The molecule has 1 aliphatic carbocycles. The maximum Gasteiger partial charge on any atom is 0.0548 e. The molecule has 0 radical (unpaired) electrons. The van der Waals surface area contributed by atoms with Crippen LogP contribution in [0.2, 0.25) is 5.02 Å². The predicted molar refractivity (Wildman–Crippen MR) is 85.0 cm³/mol. The van der Waals surface area contributed by atoms with E-state index < -0.39 is 0 Å². The second kappa shape index (κ2) is 7.07. The molecule has 0 saturated heterocycles. The van der Waals surface area contributed by atoms with Crippen LogP contribution in [-0.2, 0) is 0 Å². The molecule has 0 bridgehead atoms. The number of hydrogen-bond donors (Lipinski definition) is 2. The van der Waals surface area contributed by atoms with Crippen molar-refractivity contribution in [2.45, 2.75) is 45.1 Å². The van der Waals surface area contributed by atoms with Gasteiger partial charge in [0.25, 0.3) is 0 Å². The van der Waals surface area contributed by atoms with Crippen molar-refractivity contribution in [2.75, 3.05) is 0 Å². The fourth-order valence-corrected chi connectivity index (χ4v) is 3.65. The lowest BCUT2D eigenvalue weighted by Gasteiger charge is -2.33. The second-order valence-electron chi connectivity index (χ2n) is 5.51. The molecule has 1 fully saturated rings. The quantitative estimate of drug-likeness (QED) is 0.606. The largest absolute Gasteiger partial charge is 0.271 e. The van der Waals surface area contributed by atoms with Gasteiger partial charge in [0.1, 0.15) is 0 Å².